The molecule has 0 bridgehead atoms. The van der Waals surface area contributed by atoms with E-state index in [9.17, 15) is 12.8 Å². The zero-order chi connectivity index (χ0) is 21.1. The highest BCUT2D eigenvalue weighted by Crippen LogP contribution is 2.32. The van der Waals surface area contributed by atoms with Gasteiger partial charge in [0.25, 0.3) is 5.89 Å². The fourth-order valence-electron chi connectivity index (χ4n) is 3.53. The molecule has 0 amide bonds. The molecule has 0 radical (unpaired) electrons. The largest absolute Gasteiger partial charge is 0.494 e. The van der Waals surface area contributed by atoms with Gasteiger partial charge in [-0.3, -0.25) is 0 Å². The van der Waals surface area contributed by atoms with Crippen LogP contribution in [0.25, 0.3) is 11.5 Å². The highest BCUT2D eigenvalue weighted by Gasteiger charge is 2.33. The number of benzene rings is 2. The third-order valence-electron chi connectivity index (χ3n) is 5.05. The summed E-state index contributed by atoms with van der Waals surface area (Å²) >= 11 is 0. The third kappa shape index (κ3) is 4.08. The fraction of sp³-hybridized carbons (Fsp3) is 0.333. The van der Waals surface area contributed by atoms with E-state index in [1.807, 2.05) is 6.92 Å². The molecule has 158 valence electrons. The van der Waals surface area contributed by atoms with Crippen LogP contribution in [-0.4, -0.2) is 42.6 Å². The fourth-order valence-corrected chi connectivity index (χ4v) is 5.05. The van der Waals surface area contributed by atoms with Crippen molar-refractivity contribution in [3.63, 3.8) is 0 Å². The van der Waals surface area contributed by atoms with Crippen LogP contribution in [0.4, 0.5) is 4.39 Å². The lowest BCUT2D eigenvalue weighted by Gasteiger charge is -2.30. The van der Waals surface area contributed by atoms with Crippen molar-refractivity contribution in [2.75, 3.05) is 19.7 Å². The second-order valence-electron chi connectivity index (χ2n) is 7.03. The SMILES string of the molecule is CCOc1ccc(S(=O)(=O)N2CCCC(c3nnc(-c4ccccc4F)o3)C2)cc1. The third-order valence-corrected chi connectivity index (χ3v) is 6.93. The zero-order valence-electron chi connectivity index (χ0n) is 16.5. The minimum atomic E-state index is -3.66. The summed E-state index contributed by atoms with van der Waals surface area (Å²) in [6, 6.07) is 12.6. The highest BCUT2D eigenvalue weighted by atomic mass is 32.2. The molecule has 9 heteroatoms. The van der Waals surface area contributed by atoms with Gasteiger partial charge in [0, 0.05) is 13.1 Å². The molecular weight excluding hydrogens is 409 g/mol. The molecule has 0 spiro atoms. The summed E-state index contributed by atoms with van der Waals surface area (Å²) in [7, 11) is -3.66. The van der Waals surface area contributed by atoms with E-state index in [-0.39, 0.29) is 28.8 Å². The summed E-state index contributed by atoms with van der Waals surface area (Å²) < 4.78 is 52.6. The van der Waals surface area contributed by atoms with E-state index in [4.69, 9.17) is 9.15 Å². The molecule has 0 saturated carbocycles. The van der Waals surface area contributed by atoms with E-state index in [2.05, 4.69) is 10.2 Å². The van der Waals surface area contributed by atoms with Crippen LogP contribution in [0.2, 0.25) is 0 Å². The molecule has 7 nitrogen and oxygen atoms in total. The topological polar surface area (TPSA) is 85.5 Å². The van der Waals surface area contributed by atoms with Crippen molar-refractivity contribution >= 4 is 10.0 Å². The Kier molecular flexibility index (Phi) is 5.83. The molecule has 1 unspecified atom stereocenters. The summed E-state index contributed by atoms with van der Waals surface area (Å²) in [6.45, 7) is 3.03. The second-order valence-corrected chi connectivity index (χ2v) is 8.97. The monoisotopic (exact) mass is 431 g/mol. The number of hydrogen-bond donors (Lipinski definition) is 0. The number of halogens is 1. The molecule has 3 aromatic rings. The maximum Gasteiger partial charge on any atom is 0.250 e. The average Bonchev–Trinajstić information content (AvgIpc) is 3.25. The Bertz CT molecular complexity index is 1120. The van der Waals surface area contributed by atoms with Crippen LogP contribution in [0.15, 0.2) is 57.8 Å². The first-order valence-electron chi connectivity index (χ1n) is 9.80. The van der Waals surface area contributed by atoms with Crippen LogP contribution in [-0.2, 0) is 10.0 Å². The summed E-state index contributed by atoms with van der Waals surface area (Å²) in [6.07, 6.45) is 1.38. The molecule has 1 aliphatic heterocycles. The molecule has 1 saturated heterocycles. The number of sulfonamides is 1. The maximum atomic E-state index is 14.0. The van der Waals surface area contributed by atoms with E-state index in [1.54, 1.807) is 42.5 Å². The highest BCUT2D eigenvalue weighted by molar-refractivity contribution is 7.89. The van der Waals surface area contributed by atoms with Crippen LogP contribution >= 0.6 is 0 Å². The summed E-state index contributed by atoms with van der Waals surface area (Å²) in [4.78, 5) is 0.212. The van der Waals surface area contributed by atoms with Crippen molar-refractivity contribution in [1.82, 2.24) is 14.5 Å². The molecule has 0 N–H and O–H groups in total. The standard InChI is InChI=1S/C21H22FN3O4S/c1-2-28-16-9-11-17(12-10-16)30(26,27)25-13-5-6-15(14-25)20-23-24-21(29-20)18-7-3-4-8-19(18)22/h3-4,7-12,15H,2,5-6,13-14H2,1H3. The Hall–Kier alpha value is -2.78. The first-order chi connectivity index (χ1) is 14.5. The molecule has 1 aliphatic rings. The van der Waals surface area contributed by atoms with Gasteiger partial charge in [0.1, 0.15) is 11.6 Å². The molecule has 1 fully saturated rings. The zero-order valence-corrected chi connectivity index (χ0v) is 17.3. The van der Waals surface area contributed by atoms with Crippen LogP contribution < -0.4 is 4.74 Å². The molecule has 2 aromatic carbocycles. The molecule has 0 aliphatic carbocycles. The lowest BCUT2D eigenvalue weighted by Crippen LogP contribution is -2.39. The van der Waals surface area contributed by atoms with E-state index in [1.165, 1.54) is 10.4 Å². The normalized spacial score (nSPS) is 17.7. The molecule has 1 atom stereocenters. The van der Waals surface area contributed by atoms with Crippen LogP contribution in [0, 0.1) is 5.82 Å². The quantitative estimate of drug-likeness (QED) is 0.589. The molecule has 30 heavy (non-hydrogen) atoms. The predicted molar refractivity (Wildman–Crippen MR) is 108 cm³/mol. The van der Waals surface area contributed by atoms with Gasteiger partial charge in [-0.25, -0.2) is 12.8 Å². The average molecular weight is 431 g/mol. The van der Waals surface area contributed by atoms with E-state index in [0.29, 0.717) is 37.6 Å². The van der Waals surface area contributed by atoms with Crippen molar-refractivity contribution < 1.29 is 22.0 Å². The van der Waals surface area contributed by atoms with E-state index < -0.39 is 15.8 Å². The Balaban J connectivity index is 1.53. The Morgan fingerprint density at radius 2 is 1.93 bits per heavy atom. The summed E-state index contributed by atoms with van der Waals surface area (Å²) in [5.74, 6) is 0.342. The number of aromatic nitrogens is 2. The van der Waals surface area contributed by atoms with Gasteiger partial charge in [-0.05, 0) is 56.2 Å². The van der Waals surface area contributed by atoms with Crippen LogP contribution in [0.5, 0.6) is 5.75 Å². The summed E-state index contributed by atoms with van der Waals surface area (Å²) in [5, 5.41) is 8.01. The van der Waals surface area contributed by atoms with Crippen molar-refractivity contribution in [3.05, 3.63) is 60.2 Å². The van der Waals surface area contributed by atoms with Gasteiger partial charge in [0.15, 0.2) is 0 Å². The van der Waals surface area contributed by atoms with Gasteiger partial charge in [0.2, 0.25) is 15.9 Å². The second kappa shape index (κ2) is 8.53. The predicted octanol–water partition coefficient (Wildman–Crippen LogP) is 3.84. The van der Waals surface area contributed by atoms with Crippen LogP contribution in [0.3, 0.4) is 0 Å². The Morgan fingerprint density at radius 3 is 2.67 bits per heavy atom. The summed E-state index contributed by atoms with van der Waals surface area (Å²) in [5.41, 5.74) is 0.228. The number of rotatable bonds is 6. The van der Waals surface area contributed by atoms with Crippen molar-refractivity contribution in [2.24, 2.45) is 0 Å². The van der Waals surface area contributed by atoms with E-state index in [0.717, 1.165) is 0 Å². The Labute approximate surface area is 174 Å². The van der Waals surface area contributed by atoms with Crippen molar-refractivity contribution in [2.45, 2.75) is 30.6 Å². The Morgan fingerprint density at radius 1 is 1.17 bits per heavy atom. The van der Waals surface area contributed by atoms with Crippen molar-refractivity contribution in [3.8, 4) is 17.2 Å². The van der Waals surface area contributed by atoms with Gasteiger partial charge < -0.3 is 9.15 Å². The van der Waals surface area contributed by atoms with Gasteiger partial charge in [-0.15, -0.1) is 10.2 Å². The number of hydrogen-bond acceptors (Lipinski definition) is 6. The van der Waals surface area contributed by atoms with Crippen molar-refractivity contribution in [1.29, 1.82) is 0 Å². The lowest BCUT2D eigenvalue weighted by atomic mass is 10.00. The van der Waals surface area contributed by atoms with E-state index >= 15 is 0 Å². The lowest BCUT2D eigenvalue weighted by molar-refractivity contribution is 0.286. The molecular formula is C21H22FN3O4S. The number of ether oxygens (including phenoxy) is 1. The molecule has 1 aromatic heterocycles. The van der Waals surface area contributed by atoms with Gasteiger partial charge in [-0.2, -0.15) is 4.31 Å². The van der Waals surface area contributed by atoms with Crippen LogP contribution in [0.1, 0.15) is 31.6 Å². The first-order valence-corrected chi connectivity index (χ1v) is 11.2. The van der Waals surface area contributed by atoms with Gasteiger partial charge in [0.05, 0.1) is 23.0 Å². The maximum absolute atomic E-state index is 14.0. The number of nitrogens with zero attached hydrogens (tertiary/aromatic N) is 3. The smallest absolute Gasteiger partial charge is 0.250 e. The minimum absolute atomic E-state index is 0.0922. The minimum Gasteiger partial charge on any atom is -0.494 e. The molecule has 2 heterocycles. The van der Waals surface area contributed by atoms with Gasteiger partial charge >= 0.3 is 0 Å². The van der Waals surface area contributed by atoms with Gasteiger partial charge in [-0.1, -0.05) is 12.1 Å². The first kappa shape index (κ1) is 20.5. The molecule has 4 rings (SSSR count). The number of piperidine rings is 1.